The topological polar surface area (TPSA) is 45.0 Å². The first-order chi connectivity index (χ1) is 5.38. The van der Waals surface area contributed by atoms with E-state index >= 15 is 0 Å². The molecular weight excluding hydrogens is 140 g/mol. The van der Waals surface area contributed by atoms with E-state index in [1.54, 1.807) is 0 Å². The van der Waals surface area contributed by atoms with E-state index in [4.69, 9.17) is 0 Å². The van der Waals surface area contributed by atoms with Crippen molar-refractivity contribution in [1.29, 1.82) is 0 Å². The van der Waals surface area contributed by atoms with Crippen LogP contribution in [0.3, 0.4) is 0 Å². The molecule has 0 aliphatic carbocycles. The Morgan fingerprint density at radius 2 is 2.18 bits per heavy atom. The van der Waals surface area contributed by atoms with Crippen molar-refractivity contribution in [2.45, 2.75) is 6.10 Å². The van der Waals surface area contributed by atoms with E-state index in [1.165, 1.54) is 0 Å². The molecule has 1 heterocycles. The molecule has 0 saturated heterocycles. The number of nitrogens with zero attached hydrogens (tertiary/aromatic N) is 2. The highest BCUT2D eigenvalue weighted by Gasteiger charge is 2.14. The molecule has 1 aliphatic rings. The van der Waals surface area contributed by atoms with Crippen LogP contribution in [0.4, 0.5) is 5.69 Å². The first-order valence-electron chi connectivity index (χ1n) is 3.52. The van der Waals surface area contributed by atoms with Crippen LogP contribution in [-0.2, 0) is 0 Å². The van der Waals surface area contributed by atoms with Gasteiger partial charge in [-0.2, -0.15) is 10.2 Å². The molecule has 3 nitrogen and oxygen atoms in total. The number of hydrogen-bond acceptors (Lipinski definition) is 3. The van der Waals surface area contributed by atoms with E-state index in [0.717, 1.165) is 11.3 Å². The fraction of sp³-hybridized carbons (Fsp3) is 0.250. The second kappa shape index (κ2) is 2.43. The molecule has 1 unspecified atom stereocenters. The van der Waals surface area contributed by atoms with Crippen LogP contribution < -0.4 is 0 Å². The van der Waals surface area contributed by atoms with Crippen molar-refractivity contribution in [1.82, 2.24) is 0 Å². The van der Waals surface area contributed by atoms with Crippen molar-refractivity contribution in [3.8, 4) is 0 Å². The zero-order chi connectivity index (χ0) is 7.68. The standard InChI is InChI=1S/C8H8N2O/c11-8-5-9-10-7-4-2-1-3-6(7)8/h1-4,8,11H,5H2. The fourth-order valence-corrected chi connectivity index (χ4v) is 1.15. The van der Waals surface area contributed by atoms with Gasteiger partial charge >= 0.3 is 0 Å². The summed E-state index contributed by atoms with van der Waals surface area (Å²) in [5.41, 5.74) is 1.66. The number of aliphatic hydroxyl groups excluding tert-OH is 1. The van der Waals surface area contributed by atoms with Crippen LogP contribution in [0.2, 0.25) is 0 Å². The minimum Gasteiger partial charge on any atom is -0.386 e. The Kier molecular flexibility index (Phi) is 1.43. The monoisotopic (exact) mass is 148 g/mol. The van der Waals surface area contributed by atoms with Gasteiger partial charge in [0, 0.05) is 5.56 Å². The van der Waals surface area contributed by atoms with Crippen LogP contribution >= 0.6 is 0 Å². The van der Waals surface area contributed by atoms with Crippen molar-refractivity contribution < 1.29 is 5.11 Å². The molecule has 56 valence electrons. The van der Waals surface area contributed by atoms with Crippen LogP contribution in [-0.4, -0.2) is 11.7 Å². The third kappa shape index (κ3) is 1.03. The number of hydrogen-bond donors (Lipinski definition) is 1. The molecule has 0 amide bonds. The van der Waals surface area contributed by atoms with Crippen molar-refractivity contribution in [2.75, 3.05) is 6.54 Å². The van der Waals surface area contributed by atoms with E-state index in [-0.39, 0.29) is 0 Å². The van der Waals surface area contributed by atoms with Gasteiger partial charge in [-0.05, 0) is 6.07 Å². The third-order valence-corrected chi connectivity index (χ3v) is 1.73. The van der Waals surface area contributed by atoms with Gasteiger partial charge in [0.25, 0.3) is 0 Å². The Hall–Kier alpha value is -1.22. The Morgan fingerprint density at radius 3 is 3.00 bits per heavy atom. The molecule has 3 heteroatoms. The first kappa shape index (κ1) is 6.49. The quantitative estimate of drug-likeness (QED) is 0.599. The number of aliphatic hydroxyl groups is 1. The molecular formula is C8H8N2O. The molecule has 2 rings (SSSR count). The van der Waals surface area contributed by atoms with Gasteiger partial charge in [0.2, 0.25) is 0 Å². The van der Waals surface area contributed by atoms with Gasteiger partial charge in [-0.25, -0.2) is 0 Å². The van der Waals surface area contributed by atoms with Crippen molar-refractivity contribution in [3.63, 3.8) is 0 Å². The fourth-order valence-electron chi connectivity index (χ4n) is 1.15. The molecule has 1 N–H and O–H groups in total. The Labute approximate surface area is 64.4 Å². The normalized spacial score (nSPS) is 21.4. The SMILES string of the molecule is OC1CN=Nc2ccccc21. The number of rotatable bonds is 0. The average Bonchev–Trinajstić information content (AvgIpc) is 2.06. The molecule has 0 fully saturated rings. The molecule has 0 spiro atoms. The smallest absolute Gasteiger partial charge is 0.102 e. The predicted octanol–water partition coefficient (Wildman–Crippen LogP) is 1.82. The van der Waals surface area contributed by atoms with Crippen LogP contribution in [0, 0.1) is 0 Å². The molecule has 0 radical (unpaired) electrons. The van der Waals surface area contributed by atoms with Crippen LogP contribution in [0.5, 0.6) is 0 Å². The number of azo groups is 1. The lowest BCUT2D eigenvalue weighted by Gasteiger charge is -2.13. The number of fused-ring (bicyclic) bond motifs is 1. The van der Waals surface area contributed by atoms with Gasteiger partial charge in [0.1, 0.15) is 6.10 Å². The summed E-state index contributed by atoms with van der Waals surface area (Å²) in [6, 6.07) is 7.50. The molecule has 11 heavy (non-hydrogen) atoms. The van der Waals surface area contributed by atoms with Crippen molar-refractivity contribution >= 4 is 5.69 Å². The maximum Gasteiger partial charge on any atom is 0.102 e. The largest absolute Gasteiger partial charge is 0.386 e. The van der Waals surface area contributed by atoms with Crippen molar-refractivity contribution in [2.24, 2.45) is 10.2 Å². The third-order valence-electron chi connectivity index (χ3n) is 1.73. The van der Waals surface area contributed by atoms with E-state index in [0.29, 0.717) is 6.54 Å². The summed E-state index contributed by atoms with van der Waals surface area (Å²) < 4.78 is 0. The van der Waals surface area contributed by atoms with Gasteiger partial charge in [-0.15, -0.1) is 0 Å². The van der Waals surface area contributed by atoms with Gasteiger partial charge in [-0.1, -0.05) is 18.2 Å². The Bertz CT molecular complexity index is 296. The summed E-state index contributed by atoms with van der Waals surface area (Å²) in [6.45, 7) is 0.386. The average molecular weight is 148 g/mol. The maximum atomic E-state index is 9.41. The summed E-state index contributed by atoms with van der Waals surface area (Å²) in [6.07, 6.45) is -0.469. The van der Waals surface area contributed by atoms with Crippen LogP contribution in [0.1, 0.15) is 11.7 Å². The number of benzene rings is 1. The summed E-state index contributed by atoms with van der Waals surface area (Å²) in [7, 11) is 0. The summed E-state index contributed by atoms with van der Waals surface area (Å²) in [5, 5.41) is 17.1. The molecule has 0 aromatic heterocycles. The Balaban J connectivity index is 2.54. The lowest BCUT2D eigenvalue weighted by atomic mass is 10.1. The predicted molar refractivity (Wildman–Crippen MR) is 40.8 cm³/mol. The highest BCUT2D eigenvalue weighted by molar-refractivity contribution is 5.47. The Morgan fingerprint density at radius 1 is 1.36 bits per heavy atom. The lowest BCUT2D eigenvalue weighted by Crippen LogP contribution is -2.04. The molecule has 1 atom stereocenters. The van der Waals surface area contributed by atoms with Gasteiger partial charge in [-0.3, -0.25) is 0 Å². The summed E-state index contributed by atoms with van der Waals surface area (Å²) in [5.74, 6) is 0. The second-order valence-corrected chi connectivity index (χ2v) is 2.50. The molecule has 1 aliphatic heterocycles. The van der Waals surface area contributed by atoms with Crippen molar-refractivity contribution in [3.05, 3.63) is 29.8 Å². The maximum absolute atomic E-state index is 9.41. The summed E-state index contributed by atoms with van der Waals surface area (Å²) in [4.78, 5) is 0. The first-order valence-corrected chi connectivity index (χ1v) is 3.52. The van der Waals surface area contributed by atoms with Gasteiger partial charge < -0.3 is 5.11 Å². The van der Waals surface area contributed by atoms with E-state index < -0.39 is 6.10 Å². The zero-order valence-corrected chi connectivity index (χ0v) is 5.94. The summed E-state index contributed by atoms with van der Waals surface area (Å²) >= 11 is 0. The highest BCUT2D eigenvalue weighted by atomic mass is 16.3. The zero-order valence-electron chi connectivity index (χ0n) is 5.94. The van der Waals surface area contributed by atoms with Crippen LogP contribution in [0.25, 0.3) is 0 Å². The lowest BCUT2D eigenvalue weighted by molar-refractivity contribution is 0.182. The molecule has 1 aromatic rings. The highest BCUT2D eigenvalue weighted by Crippen LogP contribution is 2.29. The molecule has 0 saturated carbocycles. The van der Waals surface area contributed by atoms with Gasteiger partial charge in [0.05, 0.1) is 12.2 Å². The van der Waals surface area contributed by atoms with E-state index in [2.05, 4.69) is 10.2 Å². The van der Waals surface area contributed by atoms with E-state index in [1.807, 2.05) is 24.3 Å². The van der Waals surface area contributed by atoms with E-state index in [9.17, 15) is 5.11 Å². The van der Waals surface area contributed by atoms with Crippen LogP contribution in [0.15, 0.2) is 34.5 Å². The second-order valence-electron chi connectivity index (χ2n) is 2.50. The van der Waals surface area contributed by atoms with Gasteiger partial charge in [0.15, 0.2) is 0 Å². The molecule has 1 aromatic carbocycles. The minimum absolute atomic E-state index is 0.386. The molecule has 0 bridgehead atoms. The minimum atomic E-state index is -0.469.